The third-order valence-corrected chi connectivity index (χ3v) is 3.33. The average molecular weight is 292 g/mol. The highest BCUT2D eigenvalue weighted by atomic mass is 16.5. The highest BCUT2D eigenvalue weighted by Crippen LogP contribution is 2.25. The van der Waals surface area contributed by atoms with E-state index in [2.05, 4.69) is 10.3 Å². The summed E-state index contributed by atoms with van der Waals surface area (Å²) in [4.78, 5) is 16.9. The minimum Gasteiger partial charge on any atom is -0.492 e. The second kappa shape index (κ2) is 6.26. The van der Waals surface area contributed by atoms with Gasteiger partial charge in [0.1, 0.15) is 5.75 Å². The van der Waals surface area contributed by atoms with Gasteiger partial charge in [-0.2, -0.15) is 0 Å². The van der Waals surface area contributed by atoms with Gasteiger partial charge >= 0.3 is 0 Å². The number of nitrogens with one attached hydrogen (secondary N) is 1. The maximum atomic E-state index is 12.6. The molecule has 0 saturated carbocycles. The topological polar surface area (TPSA) is 51.2 Å². The monoisotopic (exact) mass is 292 g/mol. The molecular weight excluding hydrogens is 276 g/mol. The molecule has 4 heteroatoms. The molecule has 0 radical (unpaired) electrons. The summed E-state index contributed by atoms with van der Waals surface area (Å²) in [6.45, 7) is 2.46. The molecule has 0 bridgehead atoms. The van der Waals surface area contributed by atoms with Crippen molar-refractivity contribution in [3.63, 3.8) is 0 Å². The number of rotatable bonds is 4. The van der Waals surface area contributed by atoms with Crippen molar-refractivity contribution in [3.05, 3.63) is 66.4 Å². The first-order valence-corrected chi connectivity index (χ1v) is 7.16. The van der Waals surface area contributed by atoms with E-state index in [1.54, 1.807) is 12.3 Å². The van der Waals surface area contributed by atoms with Gasteiger partial charge in [-0.15, -0.1) is 0 Å². The molecule has 22 heavy (non-hydrogen) atoms. The minimum absolute atomic E-state index is 0.175. The molecule has 0 aliphatic heterocycles. The predicted molar refractivity (Wildman–Crippen MR) is 87.3 cm³/mol. The highest BCUT2D eigenvalue weighted by molar-refractivity contribution is 6.12. The Morgan fingerprint density at radius 3 is 2.82 bits per heavy atom. The zero-order valence-corrected chi connectivity index (χ0v) is 12.2. The Morgan fingerprint density at radius 2 is 1.95 bits per heavy atom. The van der Waals surface area contributed by atoms with Gasteiger partial charge in [-0.25, -0.2) is 0 Å². The van der Waals surface area contributed by atoms with Crippen molar-refractivity contribution in [2.75, 3.05) is 11.9 Å². The van der Waals surface area contributed by atoms with E-state index in [1.807, 2.05) is 55.5 Å². The molecule has 2 aromatic carbocycles. The number of aromatic nitrogens is 1. The summed E-state index contributed by atoms with van der Waals surface area (Å²) < 4.78 is 5.53. The molecule has 0 spiro atoms. The number of pyridine rings is 1. The number of benzene rings is 2. The molecule has 1 aromatic heterocycles. The first-order valence-electron chi connectivity index (χ1n) is 7.16. The smallest absolute Gasteiger partial charge is 0.256 e. The molecule has 0 saturated heterocycles. The molecular formula is C18H16N2O2. The van der Waals surface area contributed by atoms with E-state index in [1.165, 1.54) is 0 Å². The number of carbonyl (C=O) groups is 1. The van der Waals surface area contributed by atoms with Crippen LogP contribution >= 0.6 is 0 Å². The van der Waals surface area contributed by atoms with E-state index >= 15 is 0 Å². The van der Waals surface area contributed by atoms with Crippen LogP contribution in [0.5, 0.6) is 5.75 Å². The van der Waals surface area contributed by atoms with Gasteiger partial charge in [-0.1, -0.05) is 24.3 Å². The summed E-state index contributed by atoms with van der Waals surface area (Å²) in [5.41, 5.74) is 2.06. The first kappa shape index (κ1) is 14.1. The number of fused-ring (bicyclic) bond motifs is 1. The van der Waals surface area contributed by atoms with Crippen LogP contribution in [-0.4, -0.2) is 17.5 Å². The van der Waals surface area contributed by atoms with Crippen molar-refractivity contribution >= 4 is 22.5 Å². The van der Waals surface area contributed by atoms with E-state index in [0.29, 0.717) is 23.6 Å². The van der Waals surface area contributed by atoms with Crippen LogP contribution in [0.4, 0.5) is 5.69 Å². The van der Waals surface area contributed by atoms with Crippen molar-refractivity contribution in [3.8, 4) is 5.75 Å². The van der Waals surface area contributed by atoms with Crippen molar-refractivity contribution in [2.24, 2.45) is 0 Å². The summed E-state index contributed by atoms with van der Waals surface area (Å²) in [5.74, 6) is 0.488. The molecule has 0 aliphatic carbocycles. The quantitative estimate of drug-likeness (QED) is 0.793. The number of nitrogens with zero attached hydrogens (tertiary/aromatic N) is 1. The predicted octanol–water partition coefficient (Wildman–Crippen LogP) is 3.89. The molecule has 110 valence electrons. The van der Waals surface area contributed by atoms with Crippen LogP contribution in [0.25, 0.3) is 10.9 Å². The van der Waals surface area contributed by atoms with Crippen LogP contribution in [0.1, 0.15) is 17.3 Å². The Hall–Kier alpha value is -2.88. The maximum absolute atomic E-state index is 12.6. The fourth-order valence-corrected chi connectivity index (χ4v) is 2.34. The van der Waals surface area contributed by atoms with E-state index in [9.17, 15) is 4.79 Å². The lowest BCUT2D eigenvalue weighted by molar-refractivity contribution is 0.102. The van der Waals surface area contributed by atoms with Crippen LogP contribution in [0.15, 0.2) is 60.8 Å². The number of para-hydroxylation sites is 2. The van der Waals surface area contributed by atoms with Crippen molar-refractivity contribution in [1.29, 1.82) is 0 Å². The lowest BCUT2D eigenvalue weighted by Gasteiger charge is -2.12. The zero-order chi connectivity index (χ0) is 15.4. The SMILES string of the molecule is CCOc1ccccc1NC(=O)c1cccc2ncccc12. The summed E-state index contributed by atoms with van der Waals surface area (Å²) in [6, 6.07) is 16.6. The Balaban J connectivity index is 1.94. The molecule has 3 rings (SSSR count). The molecule has 1 amide bonds. The summed E-state index contributed by atoms with van der Waals surface area (Å²) >= 11 is 0. The van der Waals surface area contributed by atoms with Gasteiger partial charge in [0.05, 0.1) is 17.8 Å². The lowest BCUT2D eigenvalue weighted by atomic mass is 10.1. The van der Waals surface area contributed by atoms with Gasteiger partial charge in [0.2, 0.25) is 0 Å². The van der Waals surface area contributed by atoms with E-state index in [0.717, 1.165) is 10.9 Å². The Morgan fingerprint density at radius 1 is 1.09 bits per heavy atom. The number of amides is 1. The third kappa shape index (κ3) is 2.76. The zero-order valence-electron chi connectivity index (χ0n) is 12.2. The van der Waals surface area contributed by atoms with Crippen LogP contribution < -0.4 is 10.1 Å². The molecule has 0 atom stereocenters. The molecule has 0 unspecified atom stereocenters. The third-order valence-electron chi connectivity index (χ3n) is 3.33. The molecule has 0 fully saturated rings. The second-order valence-corrected chi connectivity index (χ2v) is 4.76. The fourth-order valence-electron chi connectivity index (χ4n) is 2.34. The number of carbonyl (C=O) groups excluding carboxylic acids is 1. The second-order valence-electron chi connectivity index (χ2n) is 4.76. The number of ether oxygens (including phenoxy) is 1. The van der Waals surface area contributed by atoms with E-state index < -0.39 is 0 Å². The molecule has 4 nitrogen and oxygen atoms in total. The Kier molecular flexibility index (Phi) is 4.01. The summed E-state index contributed by atoms with van der Waals surface area (Å²) in [5, 5.41) is 3.74. The molecule has 3 aromatic rings. The number of anilines is 1. The van der Waals surface area contributed by atoms with E-state index in [-0.39, 0.29) is 5.91 Å². The summed E-state index contributed by atoms with van der Waals surface area (Å²) in [6.07, 6.45) is 1.72. The Bertz CT molecular complexity index is 810. The largest absolute Gasteiger partial charge is 0.492 e. The van der Waals surface area contributed by atoms with Crippen LogP contribution in [0.3, 0.4) is 0 Å². The van der Waals surface area contributed by atoms with Gasteiger partial charge in [0.25, 0.3) is 5.91 Å². The first-order chi connectivity index (χ1) is 10.8. The normalized spacial score (nSPS) is 10.4. The molecule has 1 heterocycles. The van der Waals surface area contributed by atoms with E-state index in [4.69, 9.17) is 4.74 Å². The molecule has 1 N–H and O–H groups in total. The van der Waals surface area contributed by atoms with Gasteiger partial charge in [0.15, 0.2) is 0 Å². The lowest BCUT2D eigenvalue weighted by Crippen LogP contribution is -2.13. The van der Waals surface area contributed by atoms with Crippen molar-refractivity contribution < 1.29 is 9.53 Å². The maximum Gasteiger partial charge on any atom is 0.256 e. The molecule has 0 aliphatic rings. The van der Waals surface area contributed by atoms with Crippen molar-refractivity contribution in [1.82, 2.24) is 4.98 Å². The Labute approximate surface area is 128 Å². The van der Waals surface area contributed by atoms with Gasteiger partial charge in [0, 0.05) is 17.1 Å². The number of hydrogen-bond donors (Lipinski definition) is 1. The standard InChI is InChI=1S/C18H16N2O2/c1-2-22-17-11-4-3-9-16(17)20-18(21)14-7-5-10-15-13(14)8-6-12-19-15/h3-12H,2H2,1H3,(H,20,21). The van der Waals surface area contributed by atoms with Gasteiger partial charge in [-0.3, -0.25) is 9.78 Å². The average Bonchev–Trinajstić information content (AvgIpc) is 2.56. The minimum atomic E-state index is -0.175. The van der Waals surface area contributed by atoms with Gasteiger partial charge < -0.3 is 10.1 Å². The van der Waals surface area contributed by atoms with Crippen molar-refractivity contribution in [2.45, 2.75) is 6.92 Å². The van der Waals surface area contributed by atoms with Crippen LogP contribution in [0.2, 0.25) is 0 Å². The number of hydrogen-bond acceptors (Lipinski definition) is 3. The van der Waals surface area contributed by atoms with Gasteiger partial charge in [-0.05, 0) is 37.3 Å². The highest BCUT2D eigenvalue weighted by Gasteiger charge is 2.12. The summed E-state index contributed by atoms with van der Waals surface area (Å²) in [7, 11) is 0. The van der Waals surface area contributed by atoms with Crippen LogP contribution in [-0.2, 0) is 0 Å². The van der Waals surface area contributed by atoms with Crippen LogP contribution in [0, 0.1) is 0 Å². The fraction of sp³-hybridized carbons (Fsp3) is 0.111.